The maximum absolute atomic E-state index is 12.8. The number of carbonyl (C=O) groups is 1. The van der Waals surface area contributed by atoms with Gasteiger partial charge in [-0.25, -0.2) is 4.98 Å². The third kappa shape index (κ3) is 3.03. The minimum absolute atomic E-state index is 0.0364. The van der Waals surface area contributed by atoms with Crippen LogP contribution in [0.3, 0.4) is 0 Å². The van der Waals surface area contributed by atoms with Gasteiger partial charge in [-0.1, -0.05) is 30.3 Å². The van der Waals surface area contributed by atoms with Crippen LogP contribution in [-0.2, 0) is 10.2 Å². The molecule has 0 unspecified atom stereocenters. The first-order valence-corrected chi connectivity index (χ1v) is 9.06. The van der Waals surface area contributed by atoms with Crippen LogP contribution in [-0.4, -0.2) is 18.0 Å². The van der Waals surface area contributed by atoms with Crippen LogP contribution in [0, 0.1) is 0 Å². The lowest BCUT2D eigenvalue weighted by Gasteiger charge is -2.14. The number of hydrogen-bond donors (Lipinski definition) is 1. The molecule has 0 atom stereocenters. The summed E-state index contributed by atoms with van der Waals surface area (Å²) in [4.78, 5) is 17.3. The number of carbonyl (C=O) groups excluding carboxylic acids is 1. The molecule has 1 saturated carbocycles. The molecule has 1 aliphatic carbocycles. The zero-order valence-electron chi connectivity index (χ0n) is 13.9. The fourth-order valence-corrected chi connectivity index (χ4v) is 3.69. The predicted octanol–water partition coefficient (Wildman–Crippen LogP) is 4.49. The first-order chi connectivity index (χ1) is 12.2. The lowest BCUT2D eigenvalue weighted by Crippen LogP contribution is -2.27. The van der Waals surface area contributed by atoms with E-state index >= 15 is 0 Å². The van der Waals surface area contributed by atoms with Crippen LogP contribution in [0.25, 0.3) is 11.3 Å². The van der Waals surface area contributed by atoms with E-state index in [1.807, 2.05) is 60.0 Å². The molecule has 5 heteroatoms. The van der Waals surface area contributed by atoms with Crippen molar-refractivity contribution >= 4 is 22.4 Å². The summed E-state index contributed by atoms with van der Waals surface area (Å²) in [5.41, 5.74) is 2.56. The number of thiazole rings is 1. The van der Waals surface area contributed by atoms with E-state index in [1.54, 1.807) is 7.11 Å². The van der Waals surface area contributed by atoms with E-state index in [0.29, 0.717) is 5.13 Å². The highest BCUT2D eigenvalue weighted by atomic mass is 32.1. The highest BCUT2D eigenvalue weighted by molar-refractivity contribution is 7.14. The first-order valence-electron chi connectivity index (χ1n) is 8.18. The van der Waals surface area contributed by atoms with Crippen molar-refractivity contribution in [3.8, 4) is 17.0 Å². The molecule has 25 heavy (non-hydrogen) atoms. The summed E-state index contributed by atoms with van der Waals surface area (Å²) in [6, 6.07) is 17.7. The number of nitrogens with zero attached hydrogens (tertiary/aromatic N) is 1. The Morgan fingerprint density at radius 2 is 1.84 bits per heavy atom. The molecule has 0 aliphatic heterocycles. The number of hydrogen-bond acceptors (Lipinski definition) is 4. The van der Waals surface area contributed by atoms with Crippen molar-refractivity contribution in [3.05, 3.63) is 65.5 Å². The van der Waals surface area contributed by atoms with Crippen molar-refractivity contribution < 1.29 is 9.53 Å². The van der Waals surface area contributed by atoms with Crippen LogP contribution >= 0.6 is 11.3 Å². The minimum atomic E-state index is -0.382. The molecule has 1 heterocycles. The smallest absolute Gasteiger partial charge is 0.236 e. The topological polar surface area (TPSA) is 51.2 Å². The van der Waals surface area contributed by atoms with E-state index in [1.165, 1.54) is 11.3 Å². The van der Waals surface area contributed by atoms with Crippen LogP contribution in [0.4, 0.5) is 5.13 Å². The van der Waals surface area contributed by atoms with Gasteiger partial charge in [-0.3, -0.25) is 4.79 Å². The lowest BCUT2D eigenvalue weighted by molar-refractivity contribution is -0.118. The summed E-state index contributed by atoms with van der Waals surface area (Å²) in [6.07, 6.45) is 1.78. The highest BCUT2D eigenvalue weighted by Gasteiger charge is 2.51. The standard InChI is InChI=1S/C20H18N2O2S/c1-24-16-9-7-14(8-10-16)17-13-25-19(21-17)22-18(23)20(11-12-20)15-5-3-2-4-6-15/h2-10,13H,11-12H2,1H3,(H,21,22,23). The monoisotopic (exact) mass is 350 g/mol. The summed E-state index contributed by atoms with van der Waals surface area (Å²) in [7, 11) is 1.64. The molecular formula is C20H18N2O2S. The van der Waals surface area contributed by atoms with Gasteiger partial charge in [-0.2, -0.15) is 0 Å². The van der Waals surface area contributed by atoms with Crippen LogP contribution in [0.2, 0.25) is 0 Å². The molecule has 126 valence electrons. The zero-order chi connectivity index (χ0) is 17.3. The molecule has 1 fully saturated rings. The number of anilines is 1. The van der Waals surface area contributed by atoms with E-state index in [9.17, 15) is 4.79 Å². The third-order valence-corrected chi connectivity index (χ3v) is 5.38. The SMILES string of the molecule is COc1ccc(-c2csc(NC(=O)C3(c4ccccc4)CC3)n2)cc1. The van der Waals surface area contributed by atoms with Crippen LogP contribution in [0.15, 0.2) is 60.0 Å². The quantitative estimate of drug-likeness (QED) is 0.738. The summed E-state index contributed by atoms with van der Waals surface area (Å²) in [5.74, 6) is 0.848. The predicted molar refractivity (Wildman–Crippen MR) is 100 cm³/mol. The van der Waals surface area contributed by atoms with E-state index in [0.717, 1.165) is 35.4 Å². The summed E-state index contributed by atoms with van der Waals surface area (Å²) in [6.45, 7) is 0. The molecule has 0 radical (unpaired) electrons. The second-order valence-corrected chi connectivity index (χ2v) is 7.03. The molecule has 2 aromatic carbocycles. The summed E-state index contributed by atoms with van der Waals surface area (Å²) in [5, 5.41) is 5.59. The van der Waals surface area contributed by atoms with Gasteiger partial charge < -0.3 is 10.1 Å². The van der Waals surface area contributed by atoms with E-state index in [2.05, 4.69) is 10.3 Å². The Kier molecular flexibility index (Phi) is 4.01. The maximum Gasteiger partial charge on any atom is 0.236 e. The lowest BCUT2D eigenvalue weighted by atomic mass is 9.95. The zero-order valence-corrected chi connectivity index (χ0v) is 14.7. The number of nitrogens with one attached hydrogen (secondary N) is 1. The Morgan fingerprint density at radius 1 is 1.12 bits per heavy atom. The Bertz CT molecular complexity index is 884. The Morgan fingerprint density at radius 3 is 2.48 bits per heavy atom. The van der Waals surface area contributed by atoms with Gasteiger partial charge in [-0.05, 0) is 42.7 Å². The average molecular weight is 350 g/mol. The molecule has 1 N–H and O–H groups in total. The van der Waals surface area contributed by atoms with Crippen molar-refractivity contribution in [2.75, 3.05) is 12.4 Å². The van der Waals surface area contributed by atoms with Crippen LogP contribution in [0.5, 0.6) is 5.75 Å². The minimum Gasteiger partial charge on any atom is -0.497 e. The van der Waals surface area contributed by atoms with Crippen molar-refractivity contribution in [1.82, 2.24) is 4.98 Å². The summed E-state index contributed by atoms with van der Waals surface area (Å²) >= 11 is 1.45. The fraction of sp³-hybridized carbons (Fsp3) is 0.200. The van der Waals surface area contributed by atoms with E-state index < -0.39 is 0 Å². The molecule has 0 bridgehead atoms. The van der Waals surface area contributed by atoms with Gasteiger partial charge in [0.25, 0.3) is 0 Å². The third-order valence-electron chi connectivity index (χ3n) is 4.62. The van der Waals surface area contributed by atoms with Gasteiger partial charge in [0.05, 0.1) is 18.2 Å². The normalized spacial score (nSPS) is 14.8. The van der Waals surface area contributed by atoms with E-state index in [-0.39, 0.29) is 11.3 Å². The van der Waals surface area contributed by atoms with Gasteiger partial charge in [0, 0.05) is 10.9 Å². The van der Waals surface area contributed by atoms with Gasteiger partial charge in [0.15, 0.2) is 5.13 Å². The van der Waals surface area contributed by atoms with Gasteiger partial charge >= 0.3 is 0 Å². The molecule has 4 rings (SSSR count). The van der Waals surface area contributed by atoms with Crippen molar-refractivity contribution in [2.45, 2.75) is 18.3 Å². The van der Waals surface area contributed by atoms with Crippen molar-refractivity contribution in [3.63, 3.8) is 0 Å². The fourth-order valence-electron chi connectivity index (χ4n) is 2.97. The molecule has 1 aliphatic rings. The molecule has 0 spiro atoms. The van der Waals surface area contributed by atoms with Gasteiger partial charge in [0.1, 0.15) is 5.75 Å². The maximum atomic E-state index is 12.8. The number of amides is 1. The van der Waals surface area contributed by atoms with Crippen molar-refractivity contribution in [1.29, 1.82) is 0 Å². The molecule has 3 aromatic rings. The van der Waals surface area contributed by atoms with Crippen molar-refractivity contribution in [2.24, 2.45) is 0 Å². The second kappa shape index (κ2) is 6.33. The molecular weight excluding hydrogens is 332 g/mol. The number of ether oxygens (including phenoxy) is 1. The molecule has 1 aromatic heterocycles. The highest BCUT2D eigenvalue weighted by Crippen LogP contribution is 2.49. The average Bonchev–Trinajstić information content (AvgIpc) is 3.36. The Hall–Kier alpha value is -2.66. The number of aromatic nitrogens is 1. The Labute approximate surface area is 150 Å². The number of methoxy groups -OCH3 is 1. The van der Waals surface area contributed by atoms with Gasteiger partial charge in [-0.15, -0.1) is 11.3 Å². The summed E-state index contributed by atoms with van der Waals surface area (Å²) < 4.78 is 5.17. The number of rotatable bonds is 5. The molecule has 4 nitrogen and oxygen atoms in total. The largest absolute Gasteiger partial charge is 0.497 e. The Balaban J connectivity index is 1.50. The van der Waals surface area contributed by atoms with Gasteiger partial charge in [0.2, 0.25) is 5.91 Å². The molecule has 1 amide bonds. The van der Waals surface area contributed by atoms with Crippen LogP contribution in [0.1, 0.15) is 18.4 Å². The van der Waals surface area contributed by atoms with E-state index in [4.69, 9.17) is 4.74 Å². The number of benzene rings is 2. The first kappa shape index (κ1) is 15.8. The molecule has 0 saturated heterocycles. The second-order valence-electron chi connectivity index (χ2n) is 6.17. The van der Waals surface area contributed by atoms with Crippen LogP contribution < -0.4 is 10.1 Å².